The normalized spacial score (nSPS) is 12.5. The Morgan fingerprint density at radius 3 is 2.81 bits per heavy atom. The number of halogens is 3. The SMILES string of the molecule is CN=C(NCCc1cn2ccccc2n1)NCc1nc(C(F)(F)F)cs1. The first-order valence-corrected chi connectivity index (χ1v) is 8.72. The summed E-state index contributed by atoms with van der Waals surface area (Å²) in [5.41, 5.74) is 0.956. The van der Waals surface area contributed by atoms with Crippen LogP contribution in [0.3, 0.4) is 0 Å². The highest BCUT2D eigenvalue weighted by Crippen LogP contribution is 2.29. The van der Waals surface area contributed by atoms with Gasteiger partial charge >= 0.3 is 6.18 Å². The fraction of sp³-hybridized carbons (Fsp3) is 0.312. The molecule has 0 bridgehead atoms. The van der Waals surface area contributed by atoms with Crippen LogP contribution in [-0.4, -0.2) is 33.9 Å². The van der Waals surface area contributed by atoms with Crippen molar-refractivity contribution < 1.29 is 13.2 Å². The molecule has 0 saturated carbocycles. The summed E-state index contributed by atoms with van der Waals surface area (Å²) in [5, 5.41) is 7.43. The van der Waals surface area contributed by atoms with E-state index < -0.39 is 11.9 Å². The number of imidazole rings is 1. The van der Waals surface area contributed by atoms with Crippen LogP contribution in [0.15, 0.2) is 41.0 Å². The van der Waals surface area contributed by atoms with Crippen LogP contribution in [0.2, 0.25) is 0 Å². The zero-order valence-corrected chi connectivity index (χ0v) is 14.7. The minimum absolute atomic E-state index is 0.175. The Balaban J connectivity index is 1.48. The average molecular weight is 382 g/mol. The van der Waals surface area contributed by atoms with Crippen LogP contribution in [0.5, 0.6) is 0 Å². The lowest BCUT2D eigenvalue weighted by Gasteiger charge is -2.10. The van der Waals surface area contributed by atoms with E-state index >= 15 is 0 Å². The van der Waals surface area contributed by atoms with Crippen LogP contribution in [0.4, 0.5) is 13.2 Å². The second-order valence-corrected chi connectivity index (χ2v) is 6.37. The Bertz CT molecular complexity index is 866. The third kappa shape index (κ3) is 4.51. The smallest absolute Gasteiger partial charge is 0.356 e. The number of pyridine rings is 1. The molecule has 0 unspecified atom stereocenters. The van der Waals surface area contributed by atoms with E-state index in [1.54, 1.807) is 7.05 Å². The number of aliphatic imine (C=N–C) groups is 1. The number of nitrogens with zero attached hydrogens (tertiary/aromatic N) is 4. The number of fused-ring (bicyclic) bond motifs is 1. The van der Waals surface area contributed by atoms with E-state index in [4.69, 9.17) is 0 Å². The lowest BCUT2D eigenvalue weighted by atomic mass is 10.3. The van der Waals surface area contributed by atoms with E-state index in [-0.39, 0.29) is 6.54 Å². The molecule has 0 atom stereocenters. The van der Waals surface area contributed by atoms with Gasteiger partial charge in [-0.2, -0.15) is 13.2 Å². The Morgan fingerprint density at radius 2 is 2.12 bits per heavy atom. The number of aromatic nitrogens is 3. The summed E-state index contributed by atoms with van der Waals surface area (Å²) in [5.74, 6) is 0.498. The molecule has 26 heavy (non-hydrogen) atoms. The summed E-state index contributed by atoms with van der Waals surface area (Å²) in [6, 6.07) is 5.80. The highest BCUT2D eigenvalue weighted by molar-refractivity contribution is 7.09. The Morgan fingerprint density at radius 1 is 1.27 bits per heavy atom. The number of thiazole rings is 1. The maximum atomic E-state index is 12.6. The van der Waals surface area contributed by atoms with Crippen molar-refractivity contribution in [2.24, 2.45) is 4.99 Å². The van der Waals surface area contributed by atoms with Crippen molar-refractivity contribution in [2.45, 2.75) is 19.1 Å². The first-order chi connectivity index (χ1) is 12.5. The number of guanidine groups is 1. The molecule has 0 fully saturated rings. The number of alkyl halides is 3. The van der Waals surface area contributed by atoms with Crippen LogP contribution >= 0.6 is 11.3 Å². The van der Waals surface area contributed by atoms with Crippen molar-refractivity contribution in [3.63, 3.8) is 0 Å². The summed E-state index contributed by atoms with van der Waals surface area (Å²) >= 11 is 0.963. The van der Waals surface area contributed by atoms with E-state index in [2.05, 4.69) is 25.6 Å². The van der Waals surface area contributed by atoms with Gasteiger partial charge in [-0.1, -0.05) is 6.07 Å². The highest BCUT2D eigenvalue weighted by atomic mass is 32.1. The molecule has 0 spiro atoms. The fourth-order valence-corrected chi connectivity index (χ4v) is 3.06. The molecular weight excluding hydrogens is 365 g/mol. The number of rotatable bonds is 5. The van der Waals surface area contributed by atoms with E-state index in [0.29, 0.717) is 23.9 Å². The van der Waals surface area contributed by atoms with E-state index in [0.717, 1.165) is 28.1 Å². The van der Waals surface area contributed by atoms with Gasteiger partial charge in [0.1, 0.15) is 10.7 Å². The van der Waals surface area contributed by atoms with Gasteiger partial charge in [0.15, 0.2) is 11.7 Å². The zero-order chi connectivity index (χ0) is 18.6. The van der Waals surface area contributed by atoms with E-state index in [1.807, 2.05) is 35.0 Å². The monoisotopic (exact) mass is 382 g/mol. The first-order valence-electron chi connectivity index (χ1n) is 7.84. The lowest BCUT2D eigenvalue weighted by molar-refractivity contribution is -0.140. The van der Waals surface area contributed by atoms with Gasteiger partial charge in [0.05, 0.1) is 12.2 Å². The zero-order valence-electron chi connectivity index (χ0n) is 13.9. The lowest BCUT2D eigenvalue weighted by Crippen LogP contribution is -2.37. The summed E-state index contributed by atoms with van der Waals surface area (Å²) in [6.07, 6.45) is 0.172. The largest absolute Gasteiger partial charge is 0.434 e. The van der Waals surface area contributed by atoms with Crippen LogP contribution in [-0.2, 0) is 19.1 Å². The van der Waals surface area contributed by atoms with Gasteiger partial charge in [-0.25, -0.2) is 9.97 Å². The topological polar surface area (TPSA) is 66.6 Å². The van der Waals surface area contributed by atoms with E-state index in [1.165, 1.54) is 0 Å². The molecule has 6 nitrogen and oxygen atoms in total. The quantitative estimate of drug-likeness (QED) is 0.526. The number of hydrogen-bond acceptors (Lipinski definition) is 4. The molecule has 138 valence electrons. The third-order valence-corrected chi connectivity index (χ3v) is 4.41. The van der Waals surface area contributed by atoms with Gasteiger partial charge in [0, 0.05) is 37.8 Å². The Labute approximate surface area is 151 Å². The molecule has 0 aliphatic rings. The molecule has 10 heteroatoms. The molecule has 0 radical (unpaired) electrons. The number of hydrogen-bond donors (Lipinski definition) is 2. The van der Waals surface area contributed by atoms with Crippen LogP contribution in [0.25, 0.3) is 5.65 Å². The van der Waals surface area contributed by atoms with Gasteiger partial charge in [-0.3, -0.25) is 4.99 Å². The molecular formula is C16H17F3N6S. The van der Waals surface area contributed by atoms with Crippen molar-refractivity contribution in [1.29, 1.82) is 0 Å². The molecule has 0 aromatic carbocycles. The predicted molar refractivity (Wildman–Crippen MR) is 94.2 cm³/mol. The van der Waals surface area contributed by atoms with Crippen molar-refractivity contribution in [1.82, 2.24) is 25.0 Å². The summed E-state index contributed by atoms with van der Waals surface area (Å²) in [4.78, 5) is 12.1. The maximum Gasteiger partial charge on any atom is 0.434 e. The third-order valence-electron chi connectivity index (χ3n) is 3.56. The Kier molecular flexibility index (Phi) is 5.40. The minimum Gasteiger partial charge on any atom is -0.356 e. The molecule has 0 saturated heterocycles. The summed E-state index contributed by atoms with van der Waals surface area (Å²) < 4.78 is 39.6. The summed E-state index contributed by atoms with van der Waals surface area (Å²) in [7, 11) is 1.60. The predicted octanol–water partition coefficient (Wildman–Crippen LogP) is 2.72. The van der Waals surface area contributed by atoms with Crippen molar-refractivity contribution >= 4 is 22.9 Å². The van der Waals surface area contributed by atoms with Gasteiger partial charge in [-0.05, 0) is 12.1 Å². The van der Waals surface area contributed by atoms with E-state index in [9.17, 15) is 13.2 Å². The Hall–Kier alpha value is -2.62. The molecule has 0 aliphatic carbocycles. The molecule has 3 heterocycles. The second kappa shape index (κ2) is 7.73. The molecule has 3 aromatic rings. The summed E-state index contributed by atoms with van der Waals surface area (Å²) in [6.45, 7) is 0.768. The van der Waals surface area contributed by atoms with Crippen LogP contribution < -0.4 is 10.6 Å². The molecule has 3 rings (SSSR count). The van der Waals surface area contributed by atoms with Gasteiger partial charge in [0.2, 0.25) is 0 Å². The fourth-order valence-electron chi connectivity index (χ4n) is 2.32. The van der Waals surface area contributed by atoms with Crippen LogP contribution in [0.1, 0.15) is 16.4 Å². The van der Waals surface area contributed by atoms with Gasteiger partial charge in [0.25, 0.3) is 0 Å². The van der Waals surface area contributed by atoms with Crippen molar-refractivity contribution in [3.05, 3.63) is 52.4 Å². The molecule has 3 aromatic heterocycles. The standard InChI is InChI=1S/C16H17F3N6S/c1-20-15(22-8-14-24-12(10-26-14)16(17,18)19)21-6-5-11-9-25-7-3-2-4-13(25)23-11/h2-4,7,9-10H,5-6,8H2,1H3,(H2,20,21,22). The maximum absolute atomic E-state index is 12.6. The van der Waals surface area contributed by atoms with Gasteiger partial charge in [-0.15, -0.1) is 11.3 Å². The average Bonchev–Trinajstić information content (AvgIpc) is 3.23. The van der Waals surface area contributed by atoms with Crippen molar-refractivity contribution in [2.75, 3.05) is 13.6 Å². The second-order valence-electron chi connectivity index (χ2n) is 5.43. The van der Waals surface area contributed by atoms with Gasteiger partial charge < -0.3 is 15.0 Å². The first kappa shape index (κ1) is 18.2. The minimum atomic E-state index is -4.41. The highest BCUT2D eigenvalue weighted by Gasteiger charge is 2.33. The molecule has 0 amide bonds. The molecule has 0 aliphatic heterocycles. The molecule has 2 N–H and O–H groups in total. The van der Waals surface area contributed by atoms with Crippen molar-refractivity contribution in [3.8, 4) is 0 Å². The van der Waals surface area contributed by atoms with Crippen LogP contribution in [0, 0.1) is 0 Å². The number of nitrogens with one attached hydrogen (secondary N) is 2.